The fourth-order valence-electron chi connectivity index (χ4n) is 2.65. The average Bonchev–Trinajstić information content (AvgIpc) is 3.09. The van der Waals surface area contributed by atoms with Crippen LogP contribution in [0.1, 0.15) is 50.3 Å². The normalized spacial score (nSPS) is 25.8. The predicted molar refractivity (Wildman–Crippen MR) is 67.3 cm³/mol. The Morgan fingerprint density at radius 1 is 1.24 bits per heavy atom. The van der Waals surface area contributed by atoms with E-state index < -0.39 is 0 Å². The maximum Gasteiger partial charge on any atom is 0.208 e. The molecule has 2 heterocycles. The van der Waals surface area contributed by atoms with E-state index in [0.717, 1.165) is 23.3 Å². The van der Waals surface area contributed by atoms with E-state index in [4.69, 9.17) is 4.74 Å². The lowest BCUT2D eigenvalue weighted by atomic mass is 10.1. The zero-order valence-electron chi connectivity index (χ0n) is 10.0. The van der Waals surface area contributed by atoms with Gasteiger partial charge in [0.2, 0.25) is 5.16 Å². The first-order valence-electron chi connectivity index (χ1n) is 6.58. The molecule has 5 heteroatoms. The van der Waals surface area contributed by atoms with Crippen LogP contribution in [0.3, 0.4) is 0 Å². The number of thioether (sulfide) groups is 1. The molecule has 1 saturated heterocycles. The molecule has 2 fully saturated rings. The topological polar surface area (TPSA) is 50.8 Å². The summed E-state index contributed by atoms with van der Waals surface area (Å²) in [5, 5.41) is 8.28. The van der Waals surface area contributed by atoms with Crippen LogP contribution in [-0.2, 0) is 4.74 Å². The van der Waals surface area contributed by atoms with E-state index in [0.29, 0.717) is 12.0 Å². The van der Waals surface area contributed by atoms with Gasteiger partial charge in [-0.3, -0.25) is 5.10 Å². The van der Waals surface area contributed by atoms with Crippen LogP contribution in [0.2, 0.25) is 0 Å². The van der Waals surface area contributed by atoms with Crippen molar-refractivity contribution in [3.8, 4) is 0 Å². The van der Waals surface area contributed by atoms with Crippen molar-refractivity contribution < 1.29 is 4.74 Å². The van der Waals surface area contributed by atoms with E-state index >= 15 is 0 Å². The molecule has 0 radical (unpaired) electrons. The molecule has 1 aromatic rings. The minimum atomic E-state index is 0.411. The second-order valence-electron chi connectivity index (χ2n) is 4.93. The van der Waals surface area contributed by atoms with Crippen molar-refractivity contribution in [1.82, 2.24) is 15.2 Å². The lowest BCUT2D eigenvalue weighted by Gasteiger charge is -2.05. The Balaban J connectivity index is 1.52. The summed E-state index contributed by atoms with van der Waals surface area (Å²) in [7, 11) is 0. The first-order chi connectivity index (χ1) is 8.42. The highest BCUT2D eigenvalue weighted by atomic mass is 32.2. The lowest BCUT2D eigenvalue weighted by Crippen LogP contribution is -2.07. The van der Waals surface area contributed by atoms with Crippen LogP contribution in [0.15, 0.2) is 5.16 Å². The number of aromatic amines is 1. The molecule has 3 rings (SSSR count). The number of rotatable bonds is 4. The molecule has 1 N–H and O–H groups in total. The second kappa shape index (κ2) is 5.40. The van der Waals surface area contributed by atoms with Crippen molar-refractivity contribution >= 4 is 11.8 Å². The van der Waals surface area contributed by atoms with Gasteiger partial charge in [-0.2, -0.15) is 0 Å². The molecule has 2 aliphatic rings. The molecule has 1 atom stereocenters. The lowest BCUT2D eigenvalue weighted by molar-refractivity contribution is 0.129. The molecule has 0 aromatic carbocycles. The smallest absolute Gasteiger partial charge is 0.208 e. The van der Waals surface area contributed by atoms with Gasteiger partial charge < -0.3 is 4.74 Å². The van der Waals surface area contributed by atoms with Crippen molar-refractivity contribution in [3.05, 3.63) is 5.82 Å². The standard InChI is InChI=1S/C12H19N3OS/c1-2-5-9(4-1)11-13-12(15-14-11)17-8-10-6-3-7-16-10/h9-10H,1-8H2,(H,13,14,15). The van der Waals surface area contributed by atoms with Crippen LogP contribution in [0.25, 0.3) is 0 Å². The van der Waals surface area contributed by atoms with Gasteiger partial charge in [0, 0.05) is 18.3 Å². The number of ether oxygens (including phenoxy) is 1. The van der Waals surface area contributed by atoms with Gasteiger partial charge in [0.25, 0.3) is 0 Å². The molecule has 17 heavy (non-hydrogen) atoms. The number of hydrogen-bond acceptors (Lipinski definition) is 4. The van der Waals surface area contributed by atoms with Gasteiger partial charge >= 0.3 is 0 Å². The molecule has 1 unspecified atom stereocenters. The van der Waals surface area contributed by atoms with E-state index in [-0.39, 0.29) is 0 Å². The predicted octanol–water partition coefficient (Wildman–Crippen LogP) is 2.73. The highest BCUT2D eigenvalue weighted by Gasteiger charge is 2.21. The molecule has 94 valence electrons. The Labute approximate surface area is 106 Å². The molecule has 0 spiro atoms. The maximum absolute atomic E-state index is 5.59. The molecule has 1 aliphatic carbocycles. The highest BCUT2D eigenvalue weighted by Crippen LogP contribution is 2.32. The van der Waals surface area contributed by atoms with E-state index in [2.05, 4.69) is 15.2 Å². The Morgan fingerprint density at radius 3 is 2.88 bits per heavy atom. The summed E-state index contributed by atoms with van der Waals surface area (Å²) in [6.07, 6.45) is 8.01. The molecule has 0 bridgehead atoms. The Morgan fingerprint density at radius 2 is 2.12 bits per heavy atom. The van der Waals surface area contributed by atoms with Crippen molar-refractivity contribution in [2.24, 2.45) is 0 Å². The quantitative estimate of drug-likeness (QED) is 0.838. The fourth-order valence-corrected chi connectivity index (χ4v) is 3.52. The zero-order chi connectivity index (χ0) is 11.5. The summed E-state index contributed by atoms with van der Waals surface area (Å²) in [6, 6.07) is 0. The molecule has 4 nitrogen and oxygen atoms in total. The molecular weight excluding hydrogens is 234 g/mol. The summed E-state index contributed by atoms with van der Waals surface area (Å²) < 4.78 is 5.59. The minimum Gasteiger partial charge on any atom is -0.377 e. The van der Waals surface area contributed by atoms with Crippen LogP contribution < -0.4 is 0 Å². The molecule has 1 aliphatic heterocycles. The maximum atomic E-state index is 5.59. The number of aromatic nitrogens is 3. The van der Waals surface area contributed by atoms with Gasteiger partial charge in [-0.25, -0.2) is 4.98 Å². The second-order valence-corrected chi connectivity index (χ2v) is 5.92. The summed E-state index contributed by atoms with van der Waals surface area (Å²) in [6.45, 7) is 0.923. The SMILES string of the molecule is C1COC(CSc2n[nH]c(C3CCCC3)n2)C1. The van der Waals surface area contributed by atoms with Crippen molar-refractivity contribution in [3.63, 3.8) is 0 Å². The minimum absolute atomic E-state index is 0.411. The van der Waals surface area contributed by atoms with Gasteiger partial charge in [-0.15, -0.1) is 5.10 Å². The van der Waals surface area contributed by atoms with Crippen LogP contribution in [-0.4, -0.2) is 33.6 Å². The van der Waals surface area contributed by atoms with Crippen LogP contribution in [0, 0.1) is 0 Å². The van der Waals surface area contributed by atoms with Gasteiger partial charge in [-0.1, -0.05) is 24.6 Å². The summed E-state index contributed by atoms with van der Waals surface area (Å²) >= 11 is 1.72. The van der Waals surface area contributed by atoms with Crippen LogP contribution in [0.5, 0.6) is 0 Å². The van der Waals surface area contributed by atoms with Crippen molar-refractivity contribution in [2.75, 3.05) is 12.4 Å². The number of hydrogen-bond donors (Lipinski definition) is 1. The Kier molecular flexibility index (Phi) is 3.66. The Hall–Kier alpha value is -0.550. The van der Waals surface area contributed by atoms with Gasteiger partial charge in [0.15, 0.2) is 0 Å². The van der Waals surface area contributed by atoms with E-state index in [9.17, 15) is 0 Å². The molecule has 1 aromatic heterocycles. The largest absolute Gasteiger partial charge is 0.377 e. The van der Waals surface area contributed by atoms with Gasteiger partial charge in [-0.05, 0) is 25.7 Å². The number of nitrogens with one attached hydrogen (secondary N) is 1. The zero-order valence-corrected chi connectivity index (χ0v) is 10.8. The highest BCUT2D eigenvalue weighted by molar-refractivity contribution is 7.99. The van der Waals surface area contributed by atoms with Gasteiger partial charge in [0.1, 0.15) is 5.82 Å². The van der Waals surface area contributed by atoms with Gasteiger partial charge in [0.05, 0.1) is 6.10 Å². The van der Waals surface area contributed by atoms with Crippen LogP contribution in [0.4, 0.5) is 0 Å². The third-order valence-electron chi connectivity index (χ3n) is 3.65. The molecule has 1 saturated carbocycles. The first-order valence-corrected chi connectivity index (χ1v) is 7.57. The molecular formula is C12H19N3OS. The van der Waals surface area contributed by atoms with E-state index in [1.54, 1.807) is 11.8 Å². The monoisotopic (exact) mass is 253 g/mol. The summed E-state index contributed by atoms with van der Waals surface area (Å²) in [4.78, 5) is 4.59. The van der Waals surface area contributed by atoms with E-state index in [1.807, 2.05) is 0 Å². The van der Waals surface area contributed by atoms with E-state index in [1.165, 1.54) is 38.5 Å². The molecule has 0 amide bonds. The summed E-state index contributed by atoms with van der Waals surface area (Å²) in [5.41, 5.74) is 0. The first kappa shape index (κ1) is 11.5. The fraction of sp³-hybridized carbons (Fsp3) is 0.833. The average molecular weight is 253 g/mol. The Bertz CT molecular complexity index is 356. The number of H-pyrrole nitrogens is 1. The van der Waals surface area contributed by atoms with Crippen LogP contribution >= 0.6 is 11.8 Å². The third kappa shape index (κ3) is 2.83. The third-order valence-corrected chi connectivity index (χ3v) is 4.63. The van der Waals surface area contributed by atoms with Crippen molar-refractivity contribution in [1.29, 1.82) is 0 Å². The number of nitrogens with zero attached hydrogens (tertiary/aromatic N) is 2. The van der Waals surface area contributed by atoms with Crippen molar-refractivity contribution in [2.45, 2.75) is 55.7 Å². The summed E-state index contributed by atoms with van der Waals surface area (Å²) in [5.74, 6) is 2.71.